The Balaban J connectivity index is 1.75. The number of alkyl halides is 3. The van der Waals surface area contributed by atoms with Crippen molar-refractivity contribution >= 4 is 11.8 Å². The van der Waals surface area contributed by atoms with Crippen molar-refractivity contribution in [3.63, 3.8) is 0 Å². The summed E-state index contributed by atoms with van der Waals surface area (Å²) in [6.45, 7) is 0.219. The van der Waals surface area contributed by atoms with Crippen LogP contribution in [0.3, 0.4) is 0 Å². The number of hydrogen-bond acceptors (Lipinski definition) is 3. The molecule has 5 nitrogen and oxygen atoms in total. The lowest BCUT2D eigenvalue weighted by Crippen LogP contribution is -2.46. The highest BCUT2D eigenvalue weighted by atomic mass is 19.4. The van der Waals surface area contributed by atoms with E-state index in [9.17, 15) is 22.8 Å². The van der Waals surface area contributed by atoms with Crippen molar-refractivity contribution in [2.75, 3.05) is 13.6 Å². The van der Waals surface area contributed by atoms with E-state index in [1.165, 1.54) is 47.4 Å². The Bertz CT molecular complexity index is 818. The lowest BCUT2D eigenvalue weighted by Gasteiger charge is -2.28. The maximum absolute atomic E-state index is 13.2. The molecule has 1 aromatic heterocycles. The summed E-state index contributed by atoms with van der Waals surface area (Å²) in [4.78, 5) is 28.0. The number of amides is 2. The Labute approximate surface area is 154 Å². The maximum Gasteiger partial charge on any atom is 0.416 e. The van der Waals surface area contributed by atoms with E-state index < -0.39 is 17.8 Å². The first kappa shape index (κ1) is 19.0. The molecule has 1 saturated heterocycles. The Kier molecular flexibility index (Phi) is 5.25. The van der Waals surface area contributed by atoms with Gasteiger partial charge in [-0.1, -0.05) is 18.2 Å². The van der Waals surface area contributed by atoms with Gasteiger partial charge < -0.3 is 14.2 Å². The van der Waals surface area contributed by atoms with Crippen molar-refractivity contribution in [1.82, 2.24) is 9.80 Å². The van der Waals surface area contributed by atoms with E-state index in [1.54, 1.807) is 6.07 Å². The van der Waals surface area contributed by atoms with E-state index in [1.807, 2.05) is 0 Å². The zero-order valence-corrected chi connectivity index (χ0v) is 14.7. The molecule has 2 heterocycles. The SMILES string of the molecule is CN(Cc1ccccc1C(F)(F)F)C(=O)C1CCCN1C(=O)c1ccco1. The molecule has 3 rings (SSSR count). The number of furan rings is 1. The first-order valence-corrected chi connectivity index (χ1v) is 8.53. The molecule has 1 unspecified atom stereocenters. The molecule has 1 atom stereocenters. The molecule has 1 aliphatic heterocycles. The van der Waals surface area contributed by atoms with E-state index in [0.717, 1.165) is 6.07 Å². The van der Waals surface area contributed by atoms with E-state index in [-0.39, 0.29) is 29.7 Å². The van der Waals surface area contributed by atoms with Gasteiger partial charge in [-0.3, -0.25) is 9.59 Å². The summed E-state index contributed by atoms with van der Waals surface area (Å²) in [5, 5.41) is 0. The lowest BCUT2D eigenvalue weighted by atomic mass is 10.1. The molecule has 2 amide bonds. The van der Waals surface area contributed by atoms with Crippen LogP contribution in [0.5, 0.6) is 0 Å². The number of rotatable bonds is 4. The molecule has 144 valence electrons. The lowest BCUT2D eigenvalue weighted by molar-refractivity contribution is -0.140. The van der Waals surface area contributed by atoms with Gasteiger partial charge in [-0.05, 0) is 36.6 Å². The molecule has 1 aromatic carbocycles. The predicted octanol–water partition coefficient (Wildman–Crippen LogP) is 3.56. The third kappa shape index (κ3) is 3.99. The topological polar surface area (TPSA) is 53.8 Å². The molecule has 0 radical (unpaired) electrons. The smallest absolute Gasteiger partial charge is 0.416 e. The minimum Gasteiger partial charge on any atom is -0.459 e. The number of benzene rings is 1. The number of nitrogens with zero attached hydrogens (tertiary/aromatic N) is 2. The molecular weight excluding hydrogens is 361 g/mol. The fourth-order valence-corrected chi connectivity index (χ4v) is 3.33. The van der Waals surface area contributed by atoms with Crippen molar-refractivity contribution < 1.29 is 27.2 Å². The monoisotopic (exact) mass is 380 g/mol. The molecule has 0 spiro atoms. The Morgan fingerprint density at radius 1 is 1.22 bits per heavy atom. The minimum atomic E-state index is -4.49. The van der Waals surface area contributed by atoms with Gasteiger partial charge >= 0.3 is 6.18 Å². The average molecular weight is 380 g/mol. The van der Waals surface area contributed by atoms with Gasteiger partial charge in [0.2, 0.25) is 5.91 Å². The molecule has 1 fully saturated rings. The fourth-order valence-electron chi connectivity index (χ4n) is 3.33. The number of carbonyl (C=O) groups is 2. The molecule has 0 bridgehead atoms. The molecule has 2 aromatic rings. The van der Waals surface area contributed by atoms with Crippen LogP contribution in [0.1, 0.15) is 34.5 Å². The number of halogens is 3. The van der Waals surface area contributed by atoms with Crippen LogP contribution in [0, 0.1) is 0 Å². The van der Waals surface area contributed by atoms with Crippen LogP contribution in [0.4, 0.5) is 13.2 Å². The van der Waals surface area contributed by atoms with Gasteiger partial charge in [0, 0.05) is 20.1 Å². The van der Waals surface area contributed by atoms with Crippen molar-refractivity contribution in [2.45, 2.75) is 31.6 Å². The Hall–Kier alpha value is -2.77. The summed E-state index contributed by atoms with van der Waals surface area (Å²) in [5.41, 5.74) is -0.748. The highest BCUT2D eigenvalue weighted by Gasteiger charge is 2.38. The second-order valence-electron chi connectivity index (χ2n) is 6.48. The second kappa shape index (κ2) is 7.46. The van der Waals surface area contributed by atoms with Crippen LogP contribution in [-0.2, 0) is 17.5 Å². The minimum absolute atomic E-state index is 0.0164. The summed E-state index contributed by atoms with van der Waals surface area (Å²) in [5.74, 6) is -0.635. The van der Waals surface area contributed by atoms with Crippen molar-refractivity contribution in [3.8, 4) is 0 Å². The normalized spacial score (nSPS) is 17.2. The van der Waals surface area contributed by atoms with Gasteiger partial charge in [-0.2, -0.15) is 13.2 Å². The van der Waals surface area contributed by atoms with Gasteiger partial charge in [0.05, 0.1) is 11.8 Å². The van der Waals surface area contributed by atoms with Crippen LogP contribution >= 0.6 is 0 Å². The Morgan fingerprint density at radius 3 is 2.63 bits per heavy atom. The van der Waals surface area contributed by atoms with Gasteiger partial charge in [0.1, 0.15) is 6.04 Å². The van der Waals surface area contributed by atoms with Gasteiger partial charge in [0.25, 0.3) is 5.91 Å². The summed E-state index contributed by atoms with van der Waals surface area (Å²) < 4.78 is 44.6. The van der Waals surface area contributed by atoms with Crippen LogP contribution in [0.15, 0.2) is 47.1 Å². The summed E-state index contributed by atoms with van der Waals surface area (Å²) in [6.07, 6.45) is -2.00. The molecule has 0 aliphatic carbocycles. The molecule has 0 saturated carbocycles. The Morgan fingerprint density at radius 2 is 1.96 bits per heavy atom. The van der Waals surface area contributed by atoms with Crippen LogP contribution in [0.25, 0.3) is 0 Å². The van der Waals surface area contributed by atoms with E-state index in [0.29, 0.717) is 19.4 Å². The molecule has 27 heavy (non-hydrogen) atoms. The standard InChI is InChI=1S/C19H19F3N2O3/c1-23(12-13-6-2-3-7-14(13)19(20,21)22)17(25)15-8-4-10-24(15)18(26)16-9-5-11-27-16/h2-3,5-7,9,11,15H,4,8,10,12H2,1H3. The quantitative estimate of drug-likeness (QED) is 0.815. The summed E-state index contributed by atoms with van der Waals surface area (Å²) in [7, 11) is 1.45. The van der Waals surface area contributed by atoms with Gasteiger partial charge in [0.15, 0.2) is 5.76 Å². The van der Waals surface area contributed by atoms with Crippen LogP contribution in [0.2, 0.25) is 0 Å². The maximum atomic E-state index is 13.2. The first-order chi connectivity index (χ1) is 12.8. The van der Waals surface area contributed by atoms with Crippen molar-refractivity contribution in [1.29, 1.82) is 0 Å². The van der Waals surface area contributed by atoms with E-state index in [2.05, 4.69) is 0 Å². The largest absolute Gasteiger partial charge is 0.459 e. The van der Waals surface area contributed by atoms with Crippen LogP contribution < -0.4 is 0 Å². The summed E-state index contributed by atoms with van der Waals surface area (Å²) in [6, 6.07) is 7.57. The number of hydrogen-bond donors (Lipinski definition) is 0. The molecule has 1 aliphatic rings. The first-order valence-electron chi connectivity index (χ1n) is 8.53. The number of carbonyl (C=O) groups excluding carboxylic acids is 2. The molecule has 8 heteroatoms. The van der Waals surface area contributed by atoms with Gasteiger partial charge in [-0.15, -0.1) is 0 Å². The van der Waals surface area contributed by atoms with Crippen molar-refractivity contribution in [3.05, 3.63) is 59.5 Å². The highest BCUT2D eigenvalue weighted by Crippen LogP contribution is 2.32. The third-order valence-electron chi connectivity index (χ3n) is 4.64. The number of likely N-dealkylation sites (tertiary alicyclic amines) is 1. The fraction of sp³-hybridized carbons (Fsp3) is 0.368. The van der Waals surface area contributed by atoms with Gasteiger partial charge in [-0.25, -0.2) is 0 Å². The zero-order chi connectivity index (χ0) is 19.6. The predicted molar refractivity (Wildman–Crippen MR) is 90.7 cm³/mol. The number of likely N-dealkylation sites (N-methyl/N-ethyl adjacent to an activating group) is 1. The summed E-state index contributed by atoms with van der Waals surface area (Å²) >= 11 is 0. The van der Waals surface area contributed by atoms with Crippen LogP contribution in [-0.4, -0.2) is 41.2 Å². The van der Waals surface area contributed by atoms with E-state index >= 15 is 0 Å². The molecule has 0 N–H and O–H groups in total. The third-order valence-corrected chi connectivity index (χ3v) is 4.64. The van der Waals surface area contributed by atoms with E-state index in [4.69, 9.17) is 4.42 Å². The average Bonchev–Trinajstić information content (AvgIpc) is 3.31. The van der Waals surface area contributed by atoms with Crippen molar-refractivity contribution in [2.24, 2.45) is 0 Å². The highest BCUT2D eigenvalue weighted by molar-refractivity contribution is 5.95. The zero-order valence-electron chi connectivity index (χ0n) is 14.7. The second-order valence-corrected chi connectivity index (χ2v) is 6.48. The molecular formula is C19H19F3N2O3.